The first-order chi connectivity index (χ1) is 6.70. The Hall–Kier alpha value is -0.690. The molecule has 1 nitrogen and oxygen atoms in total. The first kappa shape index (κ1) is 11.4. The van der Waals surface area contributed by atoms with E-state index in [-0.39, 0.29) is 0 Å². The maximum Gasteiger partial charge on any atom is 0.0517 e. The molecule has 1 atom stereocenters. The van der Waals surface area contributed by atoms with Crippen LogP contribution in [-0.2, 0) is 0 Å². The summed E-state index contributed by atoms with van der Waals surface area (Å²) < 4.78 is 0. The molecule has 2 heteroatoms. The van der Waals surface area contributed by atoms with Gasteiger partial charge in [0.05, 0.1) is 6.04 Å². The van der Waals surface area contributed by atoms with Crippen LogP contribution < -0.4 is 0 Å². The normalized spacial score (nSPS) is 21.6. The van der Waals surface area contributed by atoms with Crippen LogP contribution in [0.3, 0.4) is 0 Å². The molecule has 0 aromatic heterocycles. The molecule has 0 aromatic carbocycles. The zero-order valence-corrected chi connectivity index (χ0v) is 9.56. The lowest BCUT2D eigenvalue weighted by Gasteiger charge is -2.25. The third-order valence-corrected chi connectivity index (χ3v) is 3.12. The zero-order valence-electron chi connectivity index (χ0n) is 8.80. The van der Waals surface area contributed by atoms with E-state index in [4.69, 9.17) is 11.6 Å². The van der Waals surface area contributed by atoms with Gasteiger partial charge in [-0.15, -0.1) is 13.2 Å². The molecular formula is C12H18ClN. The Morgan fingerprint density at radius 3 is 2.86 bits per heavy atom. The van der Waals surface area contributed by atoms with Crippen LogP contribution in [0.1, 0.15) is 26.2 Å². The predicted octanol–water partition coefficient (Wildman–Crippen LogP) is 3.68. The summed E-state index contributed by atoms with van der Waals surface area (Å²) in [5.74, 6) is 0. The maximum atomic E-state index is 6.11. The molecule has 0 fully saturated rings. The van der Waals surface area contributed by atoms with Crippen molar-refractivity contribution in [1.29, 1.82) is 0 Å². The third kappa shape index (κ3) is 2.42. The standard InChI is InChI=1S/C12H18ClN/c1-4-6-7-8-14-10(3)12(13)9-11(14)5-2/h4-5,11H,1-2,6-9H2,3H3. The van der Waals surface area contributed by atoms with Crippen molar-refractivity contribution in [3.63, 3.8) is 0 Å². The van der Waals surface area contributed by atoms with Gasteiger partial charge in [0.25, 0.3) is 0 Å². The zero-order chi connectivity index (χ0) is 10.6. The van der Waals surface area contributed by atoms with Crippen LogP contribution in [0, 0.1) is 0 Å². The molecule has 0 saturated carbocycles. The van der Waals surface area contributed by atoms with Crippen molar-refractivity contribution in [3.05, 3.63) is 36.0 Å². The van der Waals surface area contributed by atoms with Gasteiger partial charge in [0.1, 0.15) is 0 Å². The van der Waals surface area contributed by atoms with Gasteiger partial charge in [-0.3, -0.25) is 0 Å². The summed E-state index contributed by atoms with van der Waals surface area (Å²) in [7, 11) is 0. The molecule has 1 rings (SSSR count). The highest BCUT2D eigenvalue weighted by Crippen LogP contribution is 2.31. The number of unbranched alkanes of at least 4 members (excludes halogenated alkanes) is 1. The predicted molar refractivity (Wildman–Crippen MR) is 63.3 cm³/mol. The van der Waals surface area contributed by atoms with Gasteiger partial charge in [-0.25, -0.2) is 0 Å². The van der Waals surface area contributed by atoms with E-state index in [1.165, 1.54) is 5.70 Å². The van der Waals surface area contributed by atoms with Crippen LogP contribution in [0.2, 0.25) is 0 Å². The molecule has 0 N–H and O–H groups in total. The Bertz CT molecular complexity index is 255. The molecule has 0 amide bonds. The number of allylic oxidation sites excluding steroid dienone is 2. The average molecular weight is 212 g/mol. The van der Waals surface area contributed by atoms with E-state index in [0.29, 0.717) is 6.04 Å². The molecule has 1 aliphatic rings. The van der Waals surface area contributed by atoms with Crippen molar-refractivity contribution in [3.8, 4) is 0 Å². The van der Waals surface area contributed by atoms with Crippen LogP contribution in [0.15, 0.2) is 36.0 Å². The summed E-state index contributed by atoms with van der Waals surface area (Å²) >= 11 is 6.11. The van der Waals surface area contributed by atoms with Gasteiger partial charge in [0, 0.05) is 23.7 Å². The highest BCUT2D eigenvalue weighted by atomic mass is 35.5. The SMILES string of the molecule is C=CCCCN1C(C)=C(Cl)CC1C=C. The van der Waals surface area contributed by atoms with Gasteiger partial charge in [0.2, 0.25) is 0 Å². The van der Waals surface area contributed by atoms with Gasteiger partial charge < -0.3 is 4.90 Å². The van der Waals surface area contributed by atoms with Crippen molar-refractivity contribution >= 4 is 11.6 Å². The fourth-order valence-corrected chi connectivity index (χ4v) is 2.06. The third-order valence-electron chi connectivity index (χ3n) is 2.69. The second-order valence-electron chi connectivity index (χ2n) is 3.62. The van der Waals surface area contributed by atoms with Gasteiger partial charge in [-0.2, -0.15) is 0 Å². The van der Waals surface area contributed by atoms with E-state index >= 15 is 0 Å². The Morgan fingerprint density at radius 1 is 1.57 bits per heavy atom. The molecule has 0 radical (unpaired) electrons. The maximum absolute atomic E-state index is 6.11. The number of rotatable bonds is 5. The minimum Gasteiger partial charge on any atom is -0.367 e. The lowest BCUT2D eigenvalue weighted by Crippen LogP contribution is -2.28. The number of hydrogen-bond donors (Lipinski definition) is 0. The van der Waals surface area contributed by atoms with Crippen molar-refractivity contribution in [2.75, 3.05) is 6.54 Å². The second kappa shape index (κ2) is 5.26. The van der Waals surface area contributed by atoms with Crippen LogP contribution in [0.5, 0.6) is 0 Å². The van der Waals surface area contributed by atoms with E-state index in [1.54, 1.807) is 0 Å². The van der Waals surface area contributed by atoms with E-state index in [0.717, 1.165) is 30.8 Å². The monoisotopic (exact) mass is 211 g/mol. The van der Waals surface area contributed by atoms with Gasteiger partial charge in [0.15, 0.2) is 0 Å². The Kier molecular flexibility index (Phi) is 4.27. The Balaban J connectivity index is 2.54. The lowest BCUT2D eigenvalue weighted by atomic mass is 10.2. The van der Waals surface area contributed by atoms with Crippen molar-refractivity contribution < 1.29 is 0 Å². The van der Waals surface area contributed by atoms with Crippen molar-refractivity contribution in [2.24, 2.45) is 0 Å². The Labute approximate surface area is 91.7 Å². The van der Waals surface area contributed by atoms with Crippen molar-refractivity contribution in [1.82, 2.24) is 4.90 Å². The highest BCUT2D eigenvalue weighted by molar-refractivity contribution is 6.30. The topological polar surface area (TPSA) is 3.24 Å². The average Bonchev–Trinajstić information content (AvgIpc) is 2.45. The first-order valence-corrected chi connectivity index (χ1v) is 5.43. The summed E-state index contributed by atoms with van der Waals surface area (Å²) in [4.78, 5) is 2.33. The number of nitrogens with zero attached hydrogens (tertiary/aromatic N) is 1. The summed E-state index contributed by atoms with van der Waals surface area (Å²) in [6.45, 7) is 10.7. The van der Waals surface area contributed by atoms with E-state index in [1.807, 2.05) is 12.2 Å². The minimum atomic E-state index is 0.396. The van der Waals surface area contributed by atoms with Crippen LogP contribution in [0.25, 0.3) is 0 Å². The minimum absolute atomic E-state index is 0.396. The second-order valence-corrected chi connectivity index (χ2v) is 4.08. The Morgan fingerprint density at radius 2 is 2.29 bits per heavy atom. The molecule has 1 heterocycles. The molecule has 78 valence electrons. The molecule has 0 aromatic rings. The summed E-state index contributed by atoms with van der Waals surface area (Å²) in [5.41, 5.74) is 1.21. The van der Waals surface area contributed by atoms with Crippen LogP contribution in [0.4, 0.5) is 0 Å². The molecule has 0 spiro atoms. The van der Waals surface area contributed by atoms with Crippen LogP contribution >= 0.6 is 11.6 Å². The van der Waals surface area contributed by atoms with E-state index < -0.39 is 0 Å². The number of halogens is 1. The molecule has 1 aliphatic heterocycles. The van der Waals surface area contributed by atoms with Crippen molar-refractivity contribution in [2.45, 2.75) is 32.2 Å². The van der Waals surface area contributed by atoms with Gasteiger partial charge in [-0.05, 0) is 19.8 Å². The largest absolute Gasteiger partial charge is 0.367 e. The van der Waals surface area contributed by atoms with E-state index in [9.17, 15) is 0 Å². The molecule has 0 bridgehead atoms. The van der Waals surface area contributed by atoms with Crippen LogP contribution in [-0.4, -0.2) is 17.5 Å². The summed E-state index contributed by atoms with van der Waals surface area (Å²) in [5, 5.41) is 0.980. The fourth-order valence-electron chi connectivity index (χ4n) is 1.80. The van der Waals surface area contributed by atoms with Gasteiger partial charge >= 0.3 is 0 Å². The number of hydrogen-bond acceptors (Lipinski definition) is 1. The molecule has 0 saturated heterocycles. The smallest absolute Gasteiger partial charge is 0.0517 e. The molecular weight excluding hydrogens is 194 g/mol. The molecule has 1 unspecified atom stereocenters. The van der Waals surface area contributed by atoms with Gasteiger partial charge in [-0.1, -0.05) is 23.8 Å². The summed E-state index contributed by atoms with van der Waals surface area (Å²) in [6.07, 6.45) is 7.05. The lowest BCUT2D eigenvalue weighted by molar-refractivity contribution is 0.316. The quantitative estimate of drug-likeness (QED) is 0.495. The fraction of sp³-hybridized carbons (Fsp3) is 0.500. The summed E-state index contributed by atoms with van der Waals surface area (Å²) in [6, 6.07) is 0.396. The first-order valence-electron chi connectivity index (χ1n) is 5.06. The highest BCUT2D eigenvalue weighted by Gasteiger charge is 2.25. The molecule has 0 aliphatic carbocycles. The van der Waals surface area contributed by atoms with E-state index in [2.05, 4.69) is 25.0 Å². The molecule has 14 heavy (non-hydrogen) atoms.